The average molecular weight is 338 g/mol. The van der Waals surface area contributed by atoms with Gasteiger partial charge in [-0.05, 0) is 26.0 Å². The number of nitrogens with zero attached hydrogens (tertiary/aromatic N) is 2. The molecule has 128 valence electrons. The summed E-state index contributed by atoms with van der Waals surface area (Å²) in [5.41, 5.74) is -0.647. The summed E-state index contributed by atoms with van der Waals surface area (Å²) in [4.78, 5) is 48.2. The second-order valence-electron chi connectivity index (χ2n) is 4.67. The quantitative estimate of drug-likeness (QED) is 0.174. The molecule has 1 aromatic rings. The fourth-order valence-corrected chi connectivity index (χ4v) is 1.68. The molecule has 0 aliphatic heterocycles. The van der Waals surface area contributed by atoms with E-state index in [1.807, 2.05) is 0 Å². The number of carbonyl (C=O) groups excluding carboxylic acids is 2. The highest BCUT2D eigenvalue weighted by molar-refractivity contribution is 6.20. The van der Waals surface area contributed by atoms with Gasteiger partial charge in [0.1, 0.15) is 18.3 Å². The zero-order valence-corrected chi connectivity index (χ0v) is 12.8. The van der Waals surface area contributed by atoms with E-state index in [-0.39, 0.29) is 11.3 Å². The van der Waals surface area contributed by atoms with E-state index in [2.05, 4.69) is 4.84 Å². The highest BCUT2D eigenvalue weighted by atomic mass is 17.0. The summed E-state index contributed by atoms with van der Waals surface area (Å²) in [5, 5.41) is 20.1. The largest absolute Gasteiger partial charge is 0.460 e. The molecule has 0 spiro atoms. The molecule has 1 rings (SSSR count). The van der Waals surface area contributed by atoms with E-state index in [1.165, 1.54) is 31.2 Å². The maximum atomic E-state index is 12.0. The van der Waals surface area contributed by atoms with Gasteiger partial charge in [0, 0.05) is 6.07 Å². The van der Waals surface area contributed by atoms with Crippen molar-refractivity contribution in [3.05, 3.63) is 55.6 Å². The van der Waals surface area contributed by atoms with Gasteiger partial charge in [-0.15, -0.1) is 10.1 Å². The molecule has 1 atom stereocenters. The number of ketones is 1. The van der Waals surface area contributed by atoms with Crippen LogP contribution < -0.4 is 0 Å². The number of Topliss-reactive ketones (excluding diaryl/α,β-unsaturated/α-hetero) is 1. The fraction of sp³-hybridized carbons (Fsp3) is 0.286. The smallest absolute Gasteiger partial charge is 0.341 e. The van der Waals surface area contributed by atoms with Crippen LogP contribution in [-0.2, 0) is 19.2 Å². The van der Waals surface area contributed by atoms with Crippen LogP contribution in [0.25, 0.3) is 6.08 Å². The Morgan fingerprint density at radius 1 is 1.25 bits per heavy atom. The third-order valence-corrected chi connectivity index (χ3v) is 2.75. The maximum absolute atomic E-state index is 12.0. The third-order valence-electron chi connectivity index (χ3n) is 2.75. The van der Waals surface area contributed by atoms with Crippen molar-refractivity contribution < 1.29 is 29.2 Å². The number of rotatable bonds is 8. The lowest BCUT2D eigenvalue weighted by molar-refractivity contribution is -0.767. The molecule has 0 amide bonds. The number of esters is 1. The molecule has 10 heteroatoms. The van der Waals surface area contributed by atoms with Crippen LogP contribution >= 0.6 is 0 Å². The minimum Gasteiger partial charge on any atom is -0.460 e. The number of nitro benzene ring substituents is 1. The molecule has 1 unspecified atom stereocenters. The second-order valence-corrected chi connectivity index (χ2v) is 4.67. The first-order valence-electron chi connectivity index (χ1n) is 6.66. The number of nitro groups is 1. The van der Waals surface area contributed by atoms with Gasteiger partial charge in [0.2, 0.25) is 0 Å². The Labute approximate surface area is 135 Å². The summed E-state index contributed by atoms with van der Waals surface area (Å²) in [6.45, 7) is 1.94. The van der Waals surface area contributed by atoms with Crippen molar-refractivity contribution in [2.24, 2.45) is 0 Å². The van der Waals surface area contributed by atoms with Crippen molar-refractivity contribution in [3.63, 3.8) is 0 Å². The van der Waals surface area contributed by atoms with Gasteiger partial charge in [-0.2, -0.15) is 0 Å². The highest BCUT2D eigenvalue weighted by Gasteiger charge is 2.20. The lowest BCUT2D eigenvalue weighted by Gasteiger charge is -2.10. The average Bonchev–Trinajstić information content (AvgIpc) is 2.49. The third kappa shape index (κ3) is 5.48. The van der Waals surface area contributed by atoms with Crippen LogP contribution in [0.15, 0.2) is 29.8 Å². The van der Waals surface area contributed by atoms with E-state index in [0.29, 0.717) is 0 Å². The molecule has 0 saturated carbocycles. The van der Waals surface area contributed by atoms with E-state index in [4.69, 9.17) is 4.74 Å². The summed E-state index contributed by atoms with van der Waals surface area (Å²) < 4.78 is 4.77. The molecule has 0 radical (unpaired) electrons. The number of benzene rings is 1. The summed E-state index contributed by atoms with van der Waals surface area (Å²) in [6.07, 6.45) is 0.0187. The normalized spacial score (nSPS) is 12.2. The van der Waals surface area contributed by atoms with E-state index >= 15 is 0 Å². The first kappa shape index (κ1) is 18.7. The monoisotopic (exact) mass is 338 g/mol. The molecule has 0 aliphatic rings. The first-order valence-corrected chi connectivity index (χ1v) is 6.66. The summed E-state index contributed by atoms with van der Waals surface area (Å²) in [6, 6.07) is 5.54. The molecule has 0 heterocycles. The van der Waals surface area contributed by atoms with Gasteiger partial charge >= 0.3 is 5.97 Å². The van der Waals surface area contributed by atoms with Crippen molar-refractivity contribution >= 4 is 23.5 Å². The molecule has 24 heavy (non-hydrogen) atoms. The first-order chi connectivity index (χ1) is 11.2. The van der Waals surface area contributed by atoms with Crippen LogP contribution in [0.1, 0.15) is 19.4 Å². The van der Waals surface area contributed by atoms with Gasteiger partial charge in [-0.3, -0.25) is 14.9 Å². The Morgan fingerprint density at radius 3 is 2.42 bits per heavy atom. The summed E-state index contributed by atoms with van der Waals surface area (Å²) in [7, 11) is 0. The van der Waals surface area contributed by atoms with E-state index in [9.17, 15) is 29.8 Å². The van der Waals surface area contributed by atoms with Crippen LogP contribution in [0.4, 0.5) is 5.69 Å². The molecule has 0 aromatic heterocycles. The van der Waals surface area contributed by atoms with Crippen molar-refractivity contribution in [1.82, 2.24) is 0 Å². The van der Waals surface area contributed by atoms with E-state index < -0.39 is 40.0 Å². The minimum atomic E-state index is -1.06. The van der Waals surface area contributed by atoms with Crippen LogP contribution in [0.3, 0.4) is 0 Å². The predicted molar refractivity (Wildman–Crippen MR) is 80.3 cm³/mol. The Bertz CT molecular complexity index is 698. The number of para-hydroxylation sites is 1. The van der Waals surface area contributed by atoms with Gasteiger partial charge in [0.25, 0.3) is 10.8 Å². The second kappa shape index (κ2) is 8.36. The number of carbonyl (C=O) groups is 2. The standard InChI is InChI=1S/C14H14N2O8/c1-9(24-16(21)22)8-23-14(18)12(10(2)17)7-11-5-3-4-6-13(11)15(19)20/h3-7,9H,8H2,1-2H3/b12-7+. The van der Waals surface area contributed by atoms with Crippen LogP contribution in [0, 0.1) is 20.2 Å². The van der Waals surface area contributed by atoms with Crippen molar-refractivity contribution in [3.8, 4) is 0 Å². The molecular weight excluding hydrogens is 324 g/mol. The SMILES string of the molecule is CC(=O)/C(=C\c1ccccc1[N+](=O)[O-])C(=O)OCC(C)O[N+](=O)[O-]. The van der Waals surface area contributed by atoms with Crippen LogP contribution in [0.2, 0.25) is 0 Å². The van der Waals surface area contributed by atoms with Crippen molar-refractivity contribution in [2.75, 3.05) is 6.61 Å². The van der Waals surface area contributed by atoms with Gasteiger partial charge < -0.3 is 9.57 Å². The molecule has 0 aliphatic carbocycles. The van der Waals surface area contributed by atoms with Gasteiger partial charge in [0.15, 0.2) is 5.78 Å². The van der Waals surface area contributed by atoms with Gasteiger partial charge in [-0.25, -0.2) is 4.79 Å². The number of ether oxygens (including phenoxy) is 1. The topological polar surface area (TPSA) is 139 Å². The van der Waals surface area contributed by atoms with Gasteiger partial charge in [0.05, 0.1) is 10.5 Å². The maximum Gasteiger partial charge on any atom is 0.341 e. The minimum absolute atomic E-state index is 0.0549. The molecule has 10 nitrogen and oxygen atoms in total. The van der Waals surface area contributed by atoms with E-state index in [0.717, 1.165) is 13.0 Å². The molecule has 0 N–H and O–H groups in total. The van der Waals surface area contributed by atoms with Gasteiger partial charge in [-0.1, -0.05) is 12.1 Å². The molecular formula is C14H14N2O8. The Morgan fingerprint density at radius 2 is 1.88 bits per heavy atom. The van der Waals surface area contributed by atoms with E-state index in [1.54, 1.807) is 0 Å². The summed E-state index contributed by atoms with van der Waals surface area (Å²) in [5.74, 6) is -1.72. The zero-order chi connectivity index (χ0) is 18.3. The Hall–Kier alpha value is -3.30. The molecule has 0 saturated heterocycles. The number of hydrogen-bond acceptors (Lipinski definition) is 8. The molecule has 0 bridgehead atoms. The van der Waals surface area contributed by atoms with Crippen molar-refractivity contribution in [2.45, 2.75) is 20.0 Å². The highest BCUT2D eigenvalue weighted by Crippen LogP contribution is 2.21. The Kier molecular flexibility index (Phi) is 6.53. The fourth-order valence-electron chi connectivity index (χ4n) is 1.68. The predicted octanol–water partition coefficient (Wildman–Crippen LogP) is 1.71. The lowest BCUT2D eigenvalue weighted by atomic mass is 10.1. The zero-order valence-electron chi connectivity index (χ0n) is 12.8. The Balaban J connectivity index is 2.99. The van der Waals surface area contributed by atoms with Crippen LogP contribution in [-0.4, -0.2) is 34.5 Å². The molecule has 0 fully saturated rings. The lowest BCUT2D eigenvalue weighted by Crippen LogP contribution is -2.23. The van der Waals surface area contributed by atoms with Crippen molar-refractivity contribution in [1.29, 1.82) is 0 Å². The number of hydrogen-bond donors (Lipinski definition) is 0. The molecule has 1 aromatic carbocycles. The van der Waals surface area contributed by atoms with Crippen LogP contribution in [0.5, 0.6) is 0 Å². The summed E-state index contributed by atoms with van der Waals surface area (Å²) >= 11 is 0.